The van der Waals surface area contributed by atoms with Crippen LogP contribution in [-0.2, 0) is 4.79 Å². The van der Waals surface area contributed by atoms with E-state index in [4.69, 9.17) is 13.9 Å². The summed E-state index contributed by atoms with van der Waals surface area (Å²) >= 11 is 0. The van der Waals surface area contributed by atoms with Crippen molar-refractivity contribution >= 4 is 17.8 Å². The summed E-state index contributed by atoms with van der Waals surface area (Å²) in [5.74, 6) is 2.75. The van der Waals surface area contributed by atoms with E-state index in [0.717, 1.165) is 5.76 Å². The number of carbonyl (C=O) groups is 2. The summed E-state index contributed by atoms with van der Waals surface area (Å²) in [6.45, 7) is 4.03. The van der Waals surface area contributed by atoms with Crippen molar-refractivity contribution in [3.63, 3.8) is 0 Å². The van der Waals surface area contributed by atoms with Crippen molar-refractivity contribution in [3.8, 4) is 11.5 Å². The summed E-state index contributed by atoms with van der Waals surface area (Å²) in [6.07, 6.45) is 4.53. The molecule has 0 aliphatic carbocycles. The topological polar surface area (TPSA) is 69.0 Å². The summed E-state index contributed by atoms with van der Waals surface area (Å²) in [6, 6.07) is 9.04. The second-order valence-corrected chi connectivity index (χ2v) is 7.10. The molecule has 0 saturated carbocycles. The quantitative estimate of drug-likeness (QED) is 0.599. The highest BCUT2D eigenvalue weighted by Gasteiger charge is 2.28. The molecule has 6 nitrogen and oxygen atoms in total. The summed E-state index contributed by atoms with van der Waals surface area (Å²) in [5, 5.41) is 0. The molecule has 2 aliphatic rings. The first-order chi connectivity index (χ1) is 13.6. The molecular formula is C22H23NO5. The number of furan rings is 1. The first-order valence-corrected chi connectivity index (χ1v) is 9.57. The number of carbonyl (C=O) groups excluding carboxylic acids is 2. The van der Waals surface area contributed by atoms with E-state index < -0.39 is 0 Å². The highest BCUT2D eigenvalue weighted by atomic mass is 16.6. The number of aryl methyl sites for hydroxylation is 1. The predicted molar refractivity (Wildman–Crippen MR) is 104 cm³/mol. The van der Waals surface area contributed by atoms with Crippen LogP contribution in [0.5, 0.6) is 11.5 Å². The summed E-state index contributed by atoms with van der Waals surface area (Å²) in [4.78, 5) is 27.0. The standard InChI is InChI=1S/C22H23NO5/c1-15-2-4-18(28-15)5-7-21(24)23-10-8-16(9-11-23)22(25)17-3-6-19-20(14-17)27-13-12-26-19/h2-7,14,16H,8-13H2,1H3/b7-5+. The van der Waals surface area contributed by atoms with Crippen LogP contribution in [-0.4, -0.2) is 42.9 Å². The molecule has 1 fully saturated rings. The number of rotatable bonds is 4. The molecule has 0 atom stereocenters. The molecule has 0 bridgehead atoms. The van der Waals surface area contributed by atoms with Crippen LogP contribution in [0.3, 0.4) is 0 Å². The average molecular weight is 381 g/mol. The Bertz CT molecular complexity index is 905. The van der Waals surface area contributed by atoms with Crippen LogP contribution < -0.4 is 9.47 Å². The van der Waals surface area contributed by atoms with Crippen LogP contribution in [0.4, 0.5) is 0 Å². The minimum atomic E-state index is -0.0803. The Morgan fingerprint density at radius 3 is 2.50 bits per heavy atom. The van der Waals surface area contributed by atoms with Crippen molar-refractivity contribution in [2.45, 2.75) is 19.8 Å². The zero-order valence-electron chi connectivity index (χ0n) is 15.8. The van der Waals surface area contributed by atoms with Gasteiger partial charge < -0.3 is 18.8 Å². The van der Waals surface area contributed by atoms with E-state index in [0.29, 0.717) is 62.0 Å². The number of fused-ring (bicyclic) bond motifs is 1. The zero-order chi connectivity index (χ0) is 19.5. The molecule has 0 radical (unpaired) electrons. The van der Waals surface area contributed by atoms with Crippen molar-refractivity contribution < 1.29 is 23.5 Å². The number of amides is 1. The Morgan fingerprint density at radius 2 is 1.79 bits per heavy atom. The number of likely N-dealkylation sites (tertiary alicyclic amines) is 1. The van der Waals surface area contributed by atoms with Gasteiger partial charge in [0.15, 0.2) is 17.3 Å². The third-order valence-electron chi connectivity index (χ3n) is 5.16. The number of benzene rings is 1. The number of nitrogens with zero attached hydrogens (tertiary/aromatic N) is 1. The van der Waals surface area contributed by atoms with Gasteiger partial charge in [-0.2, -0.15) is 0 Å². The second-order valence-electron chi connectivity index (χ2n) is 7.10. The minimum Gasteiger partial charge on any atom is -0.486 e. The summed E-state index contributed by atoms with van der Waals surface area (Å²) < 4.78 is 16.5. The molecule has 1 amide bonds. The monoisotopic (exact) mass is 381 g/mol. The van der Waals surface area contributed by atoms with E-state index in [-0.39, 0.29) is 17.6 Å². The maximum atomic E-state index is 12.8. The largest absolute Gasteiger partial charge is 0.486 e. The van der Waals surface area contributed by atoms with Gasteiger partial charge in [-0.25, -0.2) is 0 Å². The molecule has 0 spiro atoms. The van der Waals surface area contributed by atoms with E-state index in [1.165, 1.54) is 6.08 Å². The van der Waals surface area contributed by atoms with Gasteiger partial charge >= 0.3 is 0 Å². The molecule has 4 rings (SSSR count). The fourth-order valence-electron chi connectivity index (χ4n) is 3.60. The lowest BCUT2D eigenvalue weighted by atomic mass is 9.88. The molecule has 6 heteroatoms. The van der Waals surface area contributed by atoms with Crippen LogP contribution in [0.1, 0.15) is 34.7 Å². The summed E-state index contributed by atoms with van der Waals surface area (Å²) in [5.41, 5.74) is 0.641. The molecule has 2 aromatic rings. The average Bonchev–Trinajstić information content (AvgIpc) is 3.16. The van der Waals surface area contributed by atoms with Crippen LogP contribution in [0.25, 0.3) is 6.08 Å². The molecule has 146 valence electrons. The van der Waals surface area contributed by atoms with Crippen LogP contribution in [0.2, 0.25) is 0 Å². The molecule has 3 heterocycles. The second kappa shape index (κ2) is 7.92. The maximum Gasteiger partial charge on any atom is 0.246 e. The molecule has 2 aliphatic heterocycles. The first kappa shape index (κ1) is 18.3. The zero-order valence-corrected chi connectivity index (χ0v) is 15.8. The Hall–Kier alpha value is -3.02. The van der Waals surface area contributed by atoms with Gasteiger partial charge in [0.2, 0.25) is 5.91 Å². The van der Waals surface area contributed by atoms with E-state index in [9.17, 15) is 9.59 Å². The van der Waals surface area contributed by atoms with Crippen molar-refractivity contribution in [1.82, 2.24) is 4.90 Å². The van der Waals surface area contributed by atoms with Crippen molar-refractivity contribution in [2.75, 3.05) is 26.3 Å². The maximum absolute atomic E-state index is 12.8. The third kappa shape index (κ3) is 3.96. The normalized spacial score (nSPS) is 17.1. The van der Waals surface area contributed by atoms with E-state index in [1.54, 1.807) is 29.2 Å². The minimum absolute atomic E-state index is 0.0562. The van der Waals surface area contributed by atoms with Crippen LogP contribution >= 0.6 is 0 Å². The molecule has 0 N–H and O–H groups in total. The lowest BCUT2D eigenvalue weighted by Crippen LogP contribution is -2.39. The van der Waals surface area contributed by atoms with Gasteiger partial charge in [0.05, 0.1) is 0 Å². The lowest BCUT2D eigenvalue weighted by Gasteiger charge is -2.30. The predicted octanol–water partition coefficient (Wildman–Crippen LogP) is 3.49. The number of piperidine rings is 1. The van der Waals surface area contributed by atoms with Gasteiger partial charge in [-0.05, 0) is 56.2 Å². The number of ether oxygens (including phenoxy) is 2. The van der Waals surface area contributed by atoms with Gasteiger partial charge in [0.1, 0.15) is 24.7 Å². The Labute approximate surface area is 163 Å². The van der Waals surface area contributed by atoms with Crippen LogP contribution in [0.15, 0.2) is 40.8 Å². The molecule has 1 saturated heterocycles. The lowest BCUT2D eigenvalue weighted by molar-refractivity contribution is -0.127. The van der Waals surface area contributed by atoms with E-state index >= 15 is 0 Å². The molecular weight excluding hydrogens is 358 g/mol. The summed E-state index contributed by atoms with van der Waals surface area (Å²) in [7, 11) is 0. The van der Waals surface area contributed by atoms with Crippen molar-refractivity contribution in [3.05, 3.63) is 53.5 Å². The first-order valence-electron chi connectivity index (χ1n) is 9.57. The molecule has 1 aromatic heterocycles. The Balaban J connectivity index is 1.34. The number of ketones is 1. The smallest absolute Gasteiger partial charge is 0.246 e. The highest BCUT2D eigenvalue weighted by molar-refractivity contribution is 5.99. The fraction of sp³-hybridized carbons (Fsp3) is 0.364. The molecule has 1 aromatic carbocycles. The molecule has 0 unspecified atom stereocenters. The van der Waals surface area contributed by atoms with Gasteiger partial charge in [-0.15, -0.1) is 0 Å². The third-order valence-corrected chi connectivity index (χ3v) is 5.16. The fourth-order valence-corrected chi connectivity index (χ4v) is 3.60. The van der Waals surface area contributed by atoms with Crippen LogP contribution in [0, 0.1) is 12.8 Å². The Kier molecular flexibility index (Phi) is 5.19. The van der Waals surface area contributed by atoms with Gasteiger partial charge in [0.25, 0.3) is 0 Å². The van der Waals surface area contributed by atoms with Gasteiger partial charge in [0, 0.05) is 30.6 Å². The van der Waals surface area contributed by atoms with Gasteiger partial charge in [-0.1, -0.05) is 0 Å². The van der Waals surface area contributed by atoms with E-state index in [2.05, 4.69) is 0 Å². The Morgan fingerprint density at radius 1 is 1.04 bits per heavy atom. The van der Waals surface area contributed by atoms with E-state index in [1.807, 2.05) is 19.1 Å². The number of hydrogen-bond donors (Lipinski definition) is 0. The van der Waals surface area contributed by atoms with Gasteiger partial charge in [-0.3, -0.25) is 9.59 Å². The van der Waals surface area contributed by atoms with Crippen molar-refractivity contribution in [1.29, 1.82) is 0 Å². The number of hydrogen-bond acceptors (Lipinski definition) is 5. The number of Topliss-reactive ketones (excluding diaryl/α,β-unsaturated/α-hetero) is 1. The van der Waals surface area contributed by atoms with Crippen molar-refractivity contribution in [2.24, 2.45) is 5.92 Å². The highest BCUT2D eigenvalue weighted by Crippen LogP contribution is 2.32. The SMILES string of the molecule is Cc1ccc(/C=C/C(=O)N2CCC(C(=O)c3ccc4c(c3)OCCO4)CC2)o1. The molecule has 28 heavy (non-hydrogen) atoms.